The van der Waals surface area contributed by atoms with Gasteiger partial charge in [0.05, 0.1) is 11.0 Å². The van der Waals surface area contributed by atoms with Gasteiger partial charge in [0.25, 0.3) is 0 Å². The molecule has 0 spiro atoms. The Morgan fingerprint density at radius 1 is 0.513 bits per heavy atom. The maximum absolute atomic E-state index is 5.01. The Kier molecular flexibility index (Phi) is 4.02. The third-order valence-electron chi connectivity index (χ3n) is 8.06. The molecule has 8 aromatic rings. The number of nitrogens with zero attached hydrogens (tertiary/aromatic N) is 4. The van der Waals surface area contributed by atoms with Crippen LogP contribution in [-0.4, -0.2) is 19.5 Å². The first-order valence-electron chi connectivity index (χ1n) is 13.1. The van der Waals surface area contributed by atoms with E-state index >= 15 is 0 Å². The molecule has 180 valence electrons. The lowest BCUT2D eigenvalue weighted by Crippen LogP contribution is -2.03. The van der Waals surface area contributed by atoms with E-state index in [0.29, 0.717) is 11.8 Å². The zero-order valence-electron chi connectivity index (χ0n) is 20.8. The minimum absolute atomic E-state index is 0.619. The van der Waals surface area contributed by atoms with Crippen molar-refractivity contribution >= 4 is 43.4 Å². The molecule has 2 heterocycles. The summed E-state index contributed by atoms with van der Waals surface area (Å²) in [6, 6.07) is 41.0. The van der Waals surface area contributed by atoms with Gasteiger partial charge in [-0.1, -0.05) is 91.0 Å². The van der Waals surface area contributed by atoms with Gasteiger partial charge < -0.3 is 0 Å². The molecule has 9 rings (SSSR count). The largest absolute Gasteiger partial charge is 0.278 e. The molecule has 4 heteroatoms. The summed E-state index contributed by atoms with van der Waals surface area (Å²) in [6.45, 7) is 0. The molecule has 0 amide bonds. The van der Waals surface area contributed by atoms with Crippen molar-refractivity contribution in [3.8, 4) is 39.6 Å². The number of hydrogen-bond donors (Lipinski definition) is 0. The Balaban J connectivity index is 1.27. The Labute approximate surface area is 223 Å². The molecular formula is C35H20N4. The molecule has 2 aromatic heterocycles. The quantitative estimate of drug-likeness (QED) is 0.225. The zero-order chi connectivity index (χ0) is 25.5. The lowest BCUT2D eigenvalue weighted by atomic mass is 9.95. The monoisotopic (exact) mass is 496 g/mol. The van der Waals surface area contributed by atoms with E-state index in [1.807, 2.05) is 0 Å². The number of aromatic nitrogens is 4. The van der Waals surface area contributed by atoms with Crippen molar-refractivity contribution in [2.24, 2.45) is 0 Å². The summed E-state index contributed by atoms with van der Waals surface area (Å²) in [5, 5.41) is 7.49. The van der Waals surface area contributed by atoms with Crippen LogP contribution in [0.3, 0.4) is 0 Å². The maximum Gasteiger partial charge on any atom is 0.238 e. The van der Waals surface area contributed by atoms with Gasteiger partial charge >= 0.3 is 0 Å². The van der Waals surface area contributed by atoms with Gasteiger partial charge in [-0.3, -0.25) is 4.57 Å². The SMILES string of the molecule is c1ccc2c3c4c(cccc4cc2c1)-c1ccc(-c2ncnc(-n4c5ccccc5c5ccccc54)n2)cc1-3. The van der Waals surface area contributed by atoms with Gasteiger partial charge in [0, 0.05) is 16.3 Å². The second-order valence-electron chi connectivity index (χ2n) is 10.1. The molecule has 0 saturated carbocycles. The molecule has 0 atom stereocenters. The molecule has 1 aliphatic carbocycles. The molecule has 0 aliphatic heterocycles. The zero-order valence-corrected chi connectivity index (χ0v) is 20.8. The minimum atomic E-state index is 0.619. The van der Waals surface area contributed by atoms with Crippen molar-refractivity contribution in [2.45, 2.75) is 0 Å². The Hall–Kier alpha value is -5.35. The molecule has 1 aliphatic rings. The molecule has 0 radical (unpaired) electrons. The van der Waals surface area contributed by atoms with Crippen molar-refractivity contribution in [2.75, 3.05) is 0 Å². The van der Waals surface area contributed by atoms with Crippen LogP contribution >= 0.6 is 0 Å². The van der Waals surface area contributed by atoms with Crippen molar-refractivity contribution in [1.82, 2.24) is 19.5 Å². The van der Waals surface area contributed by atoms with Gasteiger partial charge in [-0.15, -0.1) is 0 Å². The second-order valence-corrected chi connectivity index (χ2v) is 10.1. The van der Waals surface area contributed by atoms with Gasteiger partial charge in [0.15, 0.2) is 5.82 Å². The fourth-order valence-electron chi connectivity index (χ4n) is 6.42. The van der Waals surface area contributed by atoms with Gasteiger partial charge in [-0.05, 0) is 68.1 Å². The smallest absolute Gasteiger partial charge is 0.238 e. The van der Waals surface area contributed by atoms with Crippen molar-refractivity contribution in [3.63, 3.8) is 0 Å². The summed E-state index contributed by atoms with van der Waals surface area (Å²) in [7, 11) is 0. The lowest BCUT2D eigenvalue weighted by molar-refractivity contribution is 0.947. The van der Waals surface area contributed by atoms with Crippen LogP contribution in [0.25, 0.3) is 82.9 Å². The highest BCUT2D eigenvalue weighted by molar-refractivity contribution is 6.24. The molecule has 0 N–H and O–H groups in total. The Bertz CT molecular complexity index is 2240. The van der Waals surface area contributed by atoms with Crippen LogP contribution in [-0.2, 0) is 0 Å². The minimum Gasteiger partial charge on any atom is -0.278 e. The third-order valence-corrected chi connectivity index (χ3v) is 8.06. The van der Waals surface area contributed by atoms with Crippen LogP contribution in [0, 0.1) is 0 Å². The molecule has 0 bridgehead atoms. The van der Waals surface area contributed by atoms with Crippen LogP contribution < -0.4 is 0 Å². The Morgan fingerprint density at radius 2 is 1.23 bits per heavy atom. The lowest BCUT2D eigenvalue weighted by Gasteiger charge is -2.10. The molecular weight excluding hydrogens is 476 g/mol. The first-order valence-corrected chi connectivity index (χ1v) is 13.1. The highest BCUT2D eigenvalue weighted by Gasteiger charge is 2.24. The van der Waals surface area contributed by atoms with E-state index < -0.39 is 0 Å². The summed E-state index contributed by atoms with van der Waals surface area (Å²) in [5.41, 5.74) is 8.22. The second kappa shape index (κ2) is 7.59. The first-order chi connectivity index (χ1) is 19.3. The summed E-state index contributed by atoms with van der Waals surface area (Å²) in [5.74, 6) is 1.28. The highest BCUT2D eigenvalue weighted by Crippen LogP contribution is 2.51. The summed E-state index contributed by atoms with van der Waals surface area (Å²) >= 11 is 0. The van der Waals surface area contributed by atoms with Crippen LogP contribution in [0.4, 0.5) is 0 Å². The molecule has 0 unspecified atom stereocenters. The van der Waals surface area contributed by atoms with E-state index in [-0.39, 0.29) is 0 Å². The molecule has 4 nitrogen and oxygen atoms in total. The van der Waals surface area contributed by atoms with Crippen LogP contribution in [0.5, 0.6) is 0 Å². The van der Waals surface area contributed by atoms with Crippen molar-refractivity contribution in [1.29, 1.82) is 0 Å². The van der Waals surface area contributed by atoms with Gasteiger partial charge in [-0.2, -0.15) is 4.98 Å². The van der Waals surface area contributed by atoms with Gasteiger partial charge in [0.2, 0.25) is 5.95 Å². The van der Waals surface area contributed by atoms with Crippen molar-refractivity contribution in [3.05, 3.63) is 122 Å². The third kappa shape index (κ3) is 2.80. The van der Waals surface area contributed by atoms with E-state index in [1.165, 1.54) is 54.6 Å². The van der Waals surface area contributed by atoms with Gasteiger partial charge in [-0.25, -0.2) is 9.97 Å². The van der Waals surface area contributed by atoms with Gasteiger partial charge in [0.1, 0.15) is 6.33 Å². The van der Waals surface area contributed by atoms with E-state index in [1.54, 1.807) is 6.33 Å². The van der Waals surface area contributed by atoms with Crippen LogP contribution in [0.1, 0.15) is 0 Å². The highest BCUT2D eigenvalue weighted by atomic mass is 15.2. The maximum atomic E-state index is 5.01. The summed E-state index contributed by atoms with van der Waals surface area (Å²) in [4.78, 5) is 14.3. The molecule has 6 aromatic carbocycles. The first kappa shape index (κ1) is 20.7. The van der Waals surface area contributed by atoms with Crippen LogP contribution in [0.15, 0.2) is 122 Å². The van der Waals surface area contributed by atoms with E-state index in [2.05, 4.69) is 130 Å². The summed E-state index contributed by atoms with van der Waals surface area (Å²) in [6.07, 6.45) is 1.62. The molecule has 0 fully saturated rings. The molecule has 39 heavy (non-hydrogen) atoms. The van der Waals surface area contributed by atoms with Crippen LogP contribution in [0.2, 0.25) is 0 Å². The average Bonchev–Trinajstić information content (AvgIpc) is 3.51. The van der Waals surface area contributed by atoms with E-state index in [4.69, 9.17) is 4.98 Å². The van der Waals surface area contributed by atoms with E-state index in [9.17, 15) is 0 Å². The topological polar surface area (TPSA) is 43.6 Å². The normalized spacial score (nSPS) is 12.1. The number of benzene rings is 6. The average molecular weight is 497 g/mol. The number of rotatable bonds is 2. The fourth-order valence-corrected chi connectivity index (χ4v) is 6.42. The summed E-state index contributed by atoms with van der Waals surface area (Å²) < 4.78 is 2.13. The standard InChI is InChI=1S/C35H20N4/c1-2-10-24-21(8-1)18-22-9-7-13-28-25-17-16-23(19-29(25)33(24)32(22)28)34-36-20-37-35(38-34)39-30-14-5-3-11-26(30)27-12-4-6-15-31(27)39/h1-20H. The number of fused-ring (bicyclic) bond motifs is 8. The van der Waals surface area contributed by atoms with Crippen molar-refractivity contribution < 1.29 is 0 Å². The fraction of sp³-hybridized carbons (Fsp3) is 0. The number of para-hydroxylation sites is 2. The molecule has 0 saturated heterocycles. The van der Waals surface area contributed by atoms with E-state index in [0.717, 1.165) is 16.6 Å². The Morgan fingerprint density at radius 3 is 2.05 bits per heavy atom. The predicted molar refractivity (Wildman–Crippen MR) is 159 cm³/mol. The predicted octanol–water partition coefficient (Wildman–Crippen LogP) is 8.59. The number of hydrogen-bond acceptors (Lipinski definition) is 3.